The van der Waals surface area contributed by atoms with Crippen molar-refractivity contribution in [1.82, 2.24) is 18.2 Å². The molecule has 2 heterocycles. The molecular formula is C18H24N4O5S2. The van der Waals surface area contributed by atoms with Crippen molar-refractivity contribution in [2.45, 2.75) is 30.2 Å². The number of carbonyl (C=O) groups is 1. The minimum Gasteiger partial charge on any atom is -0.337 e. The number of nitrogens with zero attached hydrogens (tertiary/aromatic N) is 4. The first-order valence-corrected chi connectivity index (χ1v) is 12.0. The van der Waals surface area contributed by atoms with E-state index in [0.717, 1.165) is 0 Å². The van der Waals surface area contributed by atoms with Gasteiger partial charge in [0, 0.05) is 45.0 Å². The minimum absolute atomic E-state index is 0.0337. The molecule has 1 aromatic carbocycles. The van der Waals surface area contributed by atoms with Gasteiger partial charge in [-0.05, 0) is 32.4 Å². The molecule has 0 radical (unpaired) electrons. The van der Waals surface area contributed by atoms with E-state index in [0.29, 0.717) is 17.8 Å². The molecule has 0 bridgehead atoms. The second kappa shape index (κ2) is 7.98. The van der Waals surface area contributed by atoms with Crippen LogP contribution in [0.2, 0.25) is 0 Å². The van der Waals surface area contributed by atoms with E-state index in [2.05, 4.69) is 4.98 Å². The van der Waals surface area contributed by atoms with Gasteiger partial charge in [-0.25, -0.2) is 21.8 Å². The van der Waals surface area contributed by atoms with Crippen LogP contribution in [0.4, 0.5) is 0 Å². The third kappa shape index (κ3) is 4.27. The van der Waals surface area contributed by atoms with Crippen LogP contribution in [-0.2, 0) is 27.1 Å². The highest BCUT2D eigenvalue weighted by atomic mass is 32.2. The lowest BCUT2D eigenvalue weighted by molar-refractivity contribution is 0.101. The number of aryl methyl sites for hydroxylation is 2. The molecule has 1 aromatic heterocycles. The van der Waals surface area contributed by atoms with Gasteiger partial charge in [-0.2, -0.15) is 8.61 Å². The number of imidazole rings is 1. The molecule has 158 valence electrons. The van der Waals surface area contributed by atoms with Crippen molar-refractivity contribution >= 4 is 25.8 Å². The van der Waals surface area contributed by atoms with Gasteiger partial charge in [0.05, 0.1) is 4.90 Å². The van der Waals surface area contributed by atoms with E-state index in [-0.39, 0.29) is 41.9 Å². The summed E-state index contributed by atoms with van der Waals surface area (Å²) in [7, 11) is -5.86. The molecule has 0 saturated carbocycles. The fourth-order valence-corrected chi connectivity index (χ4v) is 6.11. The van der Waals surface area contributed by atoms with Crippen LogP contribution in [-0.4, -0.2) is 67.0 Å². The second-order valence-electron chi connectivity index (χ2n) is 6.98. The standard InChI is InChI=1S/C18H24N4O5S2/c1-14(23)16-5-7-17(8-6-16)28(24,25)21-9-4-10-22(12-11-21)29(26,27)18-13-20(3)15(2)19-18/h5-8,13H,4,9-12H2,1-3H3. The van der Waals surface area contributed by atoms with Crippen molar-refractivity contribution in [3.8, 4) is 0 Å². The van der Waals surface area contributed by atoms with Gasteiger partial charge in [-0.3, -0.25) is 4.79 Å². The summed E-state index contributed by atoms with van der Waals surface area (Å²) >= 11 is 0. The quantitative estimate of drug-likeness (QED) is 0.642. The fraction of sp³-hybridized carbons (Fsp3) is 0.444. The van der Waals surface area contributed by atoms with Crippen molar-refractivity contribution < 1.29 is 21.6 Å². The molecule has 0 N–H and O–H groups in total. The summed E-state index contributed by atoms with van der Waals surface area (Å²) in [5, 5.41) is -0.0337. The predicted molar refractivity (Wildman–Crippen MR) is 107 cm³/mol. The number of carbonyl (C=O) groups excluding carboxylic acids is 1. The number of hydrogen-bond donors (Lipinski definition) is 0. The van der Waals surface area contributed by atoms with E-state index < -0.39 is 20.0 Å². The van der Waals surface area contributed by atoms with Crippen molar-refractivity contribution in [1.29, 1.82) is 0 Å². The predicted octanol–water partition coefficient (Wildman–Crippen LogP) is 1.02. The monoisotopic (exact) mass is 440 g/mol. The third-order valence-corrected chi connectivity index (χ3v) is 8.69. The Morgan fingerprint density at radius 2 is 1.48 bits per heavy atom. The van der Waals surface area contributed by atoms with E-state index in [1.807, 2.05) is 0 Å². The summed E-state index contributed by atoms with van der Waals surface area (Å²) in [5.74, 6) is 0.436. The Bertz CT molecular complexity index is 1100. The lowest BCUT2D eigenvalue weighted by Gasteiger charge is -2.21. The zero-order valence-corrected chi connectivity index (χ0v) is 18.2. The summed E-state index contributed by atoms with van der Waals surface area (Å²) in [6, 6.07) is 5.77. The fourth-order valence-electron chi connectivity index (χ4n) is 3.14. The molecule has 29 heavy (non-hydrogen) atoms. The van der Waals surface area contributed by atoms with E-state index in [4.69, 9.17) is 0 Å². The maximum atomic E-state index is 13.0. The highest BCUT2D eigenvalue weighted by Gasteiger charge is 2.33. The Morgan fingerprint density at radius 3 is 1.97 bits per heavy atom. The van der Waals surface area contributed by atoms with Crippen molar-refractivity contribution in [3.05, 3.63) is 41.9 Å². The van der Waals surface area contributed by atoms with Gasteiger partial charge in [0.2, 0.25) is 10.0 Å². The average Bonchev–Trinajstić information content (AvgIpc) is 2.88. The molecule has 0 atom stereocenters. The number of aromatic nitrogens is 2. The molecule has 11 heteroatoms. The molecule has 9 nitrogen and oxygen atoms in total. The lowest BCUT2D eigenvalue weighted by Crippen LogP contribution is -2.37. The summed E-state index contributed by atoms with van der Waals surface area (Å²) in [4.78, 5) is 15.6. The van der Waals surface area contributed by atoms with Gasteiger partial charge in [0.25, 0.3) is 10.0 Å². The van der Waals surface area contributed by atoms with Gasteiger partial charge in [-0.1, -0.05) is 12.1 Å². The number of Topliss-reactive ketones (excluding diaryl/α,β-unsaturated/α-hetero) is 1. The Labute approximate surface area is 171 Å². The topological polar surface area (TPSA) is 110 Å². The van der Waals surface area contributed by atoms with Crippen LogP contribution in [0.15, 0.2) is 40.4 Å². The molecule has 2 aromatic rings. The van der Waals surface area contributed by atoms with Gasteiger partial charge in [0.15, 0.2) is 10.8 Å². The van der Waals surface area contributed by atoms with Crippen LogP contribution in [0, 0.1) is 6.92 Å². The first-order chi connectivity index (χ1) is 13.5. The molecular weight excluding hydrogens is 416 g/mol. The Balaban J connectivity index is 1.79. The van der Waals surface area contributed by atoms with Crippen LogP contribution in [0.1, 0.15) is 29.5 Å². The SMILES string of the molecule is CC(=O)c1ccc(S(=O)(=O)N2CCCN(S(=O)(=O)c3cn(C)c(C)n3)CC2)cc1. The first kappa shape index (κ1) is 21.6. The maximum absolute atomic E-state index is 13.0. The van der Waals surface area contributed by atoms with Crippen LogP contribution < -0.4 is 0 Å². The summed E-state index contributed by atoms with van der Waals surface area (Å²) in [6.45, 7) is 3.64. The number of ketones is 1. The summed E-state index contributed by atoms with van der Waals surface area (Å²) < 4.78 is 55.9. The number of hydrogen-bond acceptors (Lipinski definition) is 6. The normalized spacial score (nSPS) is 17.2. The third-order valence-electron chi connectivity index (χ3n) is 5.00. The van der Waals surface area contributed by atoms with E-state index in [1.54, 1.807) is 18.5 Å². The molecule has 0 unspecified atom stereocenters. The highest BCUT2D eigenvalue weighted by Crippen LogP contribution is 2.21. The number of rotatable bonds is 5. The minimum atomic E-state index is -3.79. The molecule has 1 fully saturated rings. The summed E-state index contributed by atoms with van der Waals surface area (Å²) in [5.41, 5.74) is 0.433. The van der Waals surface area contributed by atoms with Crippen LogP contribution in [0.5, 0.6) is 0 Å². The van der Waals surface area contributed by atoms with Gasteiger partial charge >= 0.3 is 0 Å². The zero-order chi connectivity index (χ0) is 21.4. The largest absolute Gasteiger partial charge is 0.337 e. The Morgan fingerprint density at radius 1 is 0.931 bits per heavy atom. The van der Waals surface area contributed by atoms with Gasteiger partial charge < -0.3 is 4.57 Å². The van der Waals surface area contributed by atoms with Crippen LogP contribution in [0.25, 0.3) is 0 Å². The Hall–Kier alpha value is -2.08. The van der Waals surface area contributed by atoms with E-state index >= 15 is 0 Å². The number of benzene rings is 1. The molecule has 0 aliphatic carbocycles. The molecule has 1 saturated heterocycles. The van der Waals surface area contributed by atoms with Crippen molar-refractivity contribution in [2.75, 3.05) is 26.2 Å². The van der Waals surface area contributed by atoms with E-state index in [1.165, 1.54) is 46.0 Å². The average molecular weight is 441 g/mol. The highest BCUT2D eigenvalue weighted by molar-refractivity contribution is 7.89. The second-order valence-corrected chi connectivity index (χ2v) is 10.8. The molecule has 0 amide bonds. The molecule has 1 aliphatic rings. The van der Waals surface area contributed by atoms with Crippen molar-refractivity contribution in [2.24, 2.45) is 7.05 Å². The smallest absolute Gasteiger partial charge is 0.262 e. The van der Waals surface area contributed by atoms with Gasteiger partial charge in [0.1, 0.15) is 5.82 Å². The Kier molecular flexibility index (Phi) is 5.95. The van der Waals surface area contributed by atoms with E-state index in [9.17, 15) is 21.6 Å². The lowest BCUT2D eigenvalue weighted by atomic mass is 10.2. The first-order valence-electron chi connectivity index (χ1n) is 9.15. The molecule has 1 aliphatic heterocycles. The molecule has 3 rings (SSSR count). The summed E-state index contributed by atoms with van der Waals surface area (Å²) in [6.07, 6.45) is 1.83. The number of sulfonamides is 2. The van der Waals surface area contributed by atoms with Crippen molar-refractivity contribution in [3.63, 3.8) is 0 Å². The van der Waals surface area contributed by atoms with Gasteiger partial charge in [-0.15, -0.1) is 0 Å². The van der Waals surface area contributed by atoms with Crippen LogP contribution >= 0.6 is 0 Å². The van der Waals surface area contributed by atoms with Crippen LogP contribution in [0.3, 0.4) is 0 Å². The molecule has 0 spiro atoms. The maximum Gasteiger partial charge on any atom is 0.262 e. The zero-order valence-electron chi connectivity index (χ0n) is 16.6.